The molecule has 6 nitrogen and oxygen atoms in total. The van der Waals surface area contributed by atoms with E-state index < -0.39 is 35.7 Å². The third-order valence-electron chi connectivity index (χ3n) is 5.05. The zero-order valence-electron chi connectivity index (χ0n) is 16.3. The number of benzene rings is 2. The van der Waals surface area contributed by atoms with Crippen molar-refractivity contribution in [3.05, 3.63) is 82.6 Å². The highest BCUT2D eigenvalue weighted by Gasteiger charge is 2.66. The number of carbonyl (C=O) groups excluding carboxylic acids is 2. The van der Waals surface area contributed by atoms with Crippen LogP contribution in [0.4, 0.5) is 18.0 Å². The average molecular weight is 462 g/mol. The highest BCUT2D eigenvalue weighted by molar-refractivity contribution is 7.12. The van der Waals surface area contributed by atoms with E-state index in [1.54, 1.807) is 36.4 Å². The second kappa shape index (κ2) is 8.29. The minimum Gasteiger partial charge on any atom is -0.457 e. The molecule has 1 aliphatic rings. The Morgan fingerprint density at radius 2 is 1.75 bits per heavy atom. The average Bonchev–Trinajstić information content (AvgIpc) is 3.28. The number of alkyl halides is 3. The largest absolute Gasteiger partial charge is 0.457 e. The molecule has 1 aromatic heterocycles. The van der Waals surface area contributed by atoms with E-state index >= 15 is 0 Å². The molecule has 0 bridgehead atoms. The Morgan fingerprint density at radius 3 is 2.41 bits per heavy atom. The van der Waals surface area contributed by atoms with Gasteiger partial charge in [-0.05, 0) is 41.3 Å². The van der Waals surface area contributed by atoms with Crippen LogP contribution in [0.5, 0.6) is 11.5 Å². The van der Waals surface area contributed by atoms with E-state index in [0.717, 1.165) is 11.3 Å². The lowest BCUT2D eigenvalue weighted by molar-refractivity contribution is -0.287. The Kier molecular flexibility index (Phi) is 5.66. The highest BCUT2D eigenvalue weighted by Crippen LogP contribution is 2.44. The fraction of sp³-hybridized carbons (Fsp3) is 0.182. The summed E-state index contributed by atoms with van der Waals surface area (Å²) < 4.78 is 47.6. The molecular weight excluding hydrogens is 445 g/mol. The number of thiophene rings is 1. The third kappa shape index (κ3) is 4.06. The highest BCUT2D eigenvalue weighted by atomic mass is 32.1. The molecule has 166 valence electrons. The van der Waals surface area contributed by atoms with E-state index in [-0.39, 0.29) is 10.4 Å². The van der Waals surface area contributed by atoms with Crippen LogP contribution in [0.3, 0.4) is 0 Å². The first-order valence-corrected chi connectivity index (χ1v) is 10.4. The molecule has 0 spiro atoms. The van der Waals surface area contributed by atoms with Crippen LogP contribution < -0.4 is 15.4 Å². The number of hydrogen-bond donors (Lipinski definition) is 3. The van der Waals surface area contributed by atoms with Crippen molar-refractivity contribution in [2.45, 2.75) is 17.9 Å². The molecular formula is C22H17F3N2O4S. The number of amides is 2. The van der Waals surface area contributed by atoms with Gasteiger partial charge in [0, 0.05) is 0 Å². The van der Waals surface area contributed by atoms with Gasteiger partial charge in [-0.25, -0.2) is 4.79 Å². The predicted octanol–water partition coefficient (Wildman–Crippen LogP) is 4.64. The smallest absolute Gasteiger partial charge is 0.437 e. The summed E-state index contributed by atoms with van der Waals surface area (Å²) in [5.74, 6) is -2.24. The molecule has 2 amide bonds. The van der Waals surface area contributed by atoms with Crippen molar-refractivity contribution in [2.24, 2.45) is 5.92 Å². The lowest BCUT2D eigenvalue weighted by Gasteiger charge is -2.44. The number of hydrogen-bond acceptors (Lipinski definition) is 5. The first-order valence-electron chi connectivity index (χ1n) is 9.47. The Bertz CT molecular complexity index is 1120. The maximum Gasteiger partial charge on any atom is 0.437 e. The zero-order chi connectivity index (χ0) is 22.9. The Balaban J connectivity index is 1.77. The van der Waals surface area contributed by atoms with Crippen molar-refractivity contribution in [2.75, 3.05) is 0 Å². The van der Waals surface area contributed by atoms with Crippen LogP contribution in [0, 0.1) is 5.92 Å². The predicted molar refractivity (Wildman–Crippen MR) is 111 cm³/mol. The van der Waals surface area contributed by atoms with Crippen molar-refractivity contribution in [3.63, 3.8) is 0 Å². The van der Waals surface area contributed by atoms with Gasteiger partial charge in [0.15, 0.2) is 5.78 Å². The summed E-state index contributed by atoms with van der Waals surface area (Å²) in [6, 6.07) is 14.9. The summed E-state index contributed by atoms with van der Waals surface area (Å²) >= 11 is 0.946. The summed E-state index contributed by atoms with van der Waals surface area (Å²) in [5.41, 5.74) is -3.59. The topological polar surface area (TPSA) is 87.7 Å². The van der Waals surface area contributed by atoms with Crippen LogP contribution in [0.2, 0.25) is 0 Å². The number of ether oxygens (including phenoxy) is 1. The zero-order valence-corrected chi connectivity index (χ0v) is 17.1. The normalized spacial score (nSPS) is 23.2. The summed E-state index contributed by atoms with van der Waals surface area (Å²) in [7, 11) is 0. The molecule has 0 unspecified atom stereocenters. The van der Waals surface area contributed by atoms with Crippen LogP contribution >= 0.6 is 11.3 Å². The van der Waals surface area contributed by atoms with Gasteiger partial charge in [-0.3, -0.25) is 4.79 Å². The number of ketones is 1. The lowest BCUT2D eigenvalue weighted by Crippen LogP contribution is -2.72. The second-order valence-corrected chi connectivity index (χ2v) is 8.09. The molecule has 10 heteroatoms. The lowest BCUT2D eigenvalue weighted by atomic mass is 9.78. The van der Waals surface area contributed by atoms with E-state index in [1.807, 2.05) is 0 Å². The first kappa shape index (κ1) is 21.8. The Hall–Kier alpha value is -3.37. The quantitative estimate of drug-likeness (QED) is 0.482. The Labute approximate surface area is 184 Å². The Morgan fingerprint density at radius 1 is 1.03 bits per heavy atom. The molecule has 3 atom stereocenters. The van der Waals surface area contributed by atoms with E-state index in [9.17, 15) is 27.9 Å². The number of Topliss-reactive ketones (excluding diaryl/α,β-unsaturated/α-hetero) is 1. The number of carbonyl (C=O) groups is 2. The number of rotatable bonds is 5. The van der Waals surface area contributed by atoms with Gasteiger partial charge >= 0.3 is 12.2 Å². The van der Waals surface area contributed by atoms with E-state index in [1.165, 1.54) is 41.0 Å². The molecule has 4 rings (SSSR count). The monoisotopic (exact) mass is 462 g/mol. The molecule has 32 heavy (non-hydrogen) atoms. The minimum absolute atomic E-state index is 0.0253. The SMILES string of the molecule is O=C1N[C@@H](c2cccc(Oc3ccccc3)c2)[C@@H](C(=O)c2cccs2)[C@](O)(C(F)(F)F)N1. The first-order chi connectivity index (χ1) is 15.2. The number of para-hydroxylation sites is 1. The van der Waals surface area contributed by atoms with Crippen molar-refractivity contribution in [1.29, 1.82) is 0 Å². The van der Waals surface area contributed by atoms with Crippen LogP contribution in [-0.4, -0.2) is 28.8 Å². The van der Waals surface area contributed by atoms with Crippen molar-refractivity contribution >= 4 is 23.2 Å². The van der Waals surface area contributed by atoms with Gasteiger partial charge in [-0.2, -0.15) is 13.2 Å². The van der Waals surface area contributed by atoms with Crippen LogP contribution in [0.25, 0.3) is 0 Å². The number of aliphatic hydroxyl groups is 1. The second-order valence-electron chi connectivity index (χ2n) is 7.15. The maximum atomic E-state index is 13.9. The van der Waals surface area contributed by atoms with Crippen LogP contribution in [-0.2, 0) is 0 Å². The van der Waals surface area contributed by atoms with Crippen LogP contribution in [0.1, 0.15) is 21.3 Å². The van der Waals surface area contributed by atoms with Gasteiger partial charge in [0.05, 0.1) is 10.9 Å². The number of halogens is 3. The van der Waals surface area contributed by atoms with Crippen molar-refractivity contribution in [1.82, 2.24) is 10.6 Å². The van der Waals surface area contributed by atoms with Gasteiger partial charge in [0.2, 0.25) is 5.72 Å². The molecule has 0 radical (unpaired) electrons. The van der Waals surface area contributed by atoms with Gasteiger partial charge in [0.1, 0.15) is 17.4 Å². The molecule has 1 aliphatic heterocycles. The molecule has 2 heterocycles. The number of nitrogens with one attached hydrogen (secondary N) is 2. The van der Waals surface area contributed by atoms with Crippen molar-refractivity contribution in [3.8, 4) is 11.5 Å². The van der Waals surface area contributed by atoms with E-state index in [0.29, 0.717) is 11.5 Å². The van der Waals surface area contributed by atoms with E-state index in [2.05, 4.69) is 5.32 Å². The maximum absolute atomic E-state index is 13.9. The van der Waals surface area contributed by atoms with Gasteiger partial charge in [-0.15, -0.1) is 11.3 Å². The van der Waals surface area contributed by atoms with E-state index in [4.69, 9.17) is 4.74 Å². The molecule has 1 fully saturated rings. The molecule has 0 saturated carbocycles. The van der Waals surface area contributed by atoms with Crippen molar-refractivity contribution < 1.29 is 32.6 Å². The summed E-state index contributed by atoms with van der Waals surface area (Å²) in [5, 5.41) is 16.0. The van der Waals surface area contributed by atoms with Gasteiger partial charge < -0.3 is 20.5 Å². The fourth-order valence-electron chi connectivity index (χ4n) is 3.58. The summed E-state index contributed by atoms with van der Waals surface area (Å²) in [6.07, 6.45) is -5.31. The minimum atomic E-state index is -5.31. The van der Waals surface area contributed by atoms with Crippen LogP contribution in [0.15, 0.2) is 72.1 Å². The standard InChI is InChI=1S/C22H17F3N2O4S/c23-22(24,25)21(30)17(19(28)16-10-5-11-32-16)18(26-20(29)27-21)13-6-4-9-15(12-13)31-14-7-2-1-3-8-14/h1-12,17-18,30H,(H2,26,27,29)/t17-,18-,21-/m0/s1. The summed E-state index contributed by atoms with van der Waals surface area (Å²) in [6.45, 7) is 0. The molecule has 3 N–H and O–H groups in total. The number of urea groups is 1. The van der Waals surface area contributed by atoms with Gasteiger partial charge in [0.25, 0.3) is 0 Å². The molecule has 2 aromatic carbocycles. The molecule has 3 aromatic rings. The fourth-order valence-corrected chi connectivity index (χ4v) is 4.29. The third-order valence-corrected chi connectivity index (χ3v) is 5.93. The van der Waals surface area contributed by atoms with Gasteiger partial charge in [-0.1, -0.05) is 36.4 Å². The summed E-state index contributed by atoms with van der Waals surface area (Å²) in [4.78, 5) is 25.3. The molecule has 1 saturated heterocycles. The molecule has 0 aliphatic carbocycles.